The highest BCUT2D eigenvalue weighted by Crippen LogP contribution is 2.33. The lowest BCUT2D eigenvalue weighted by Crippen LogP contribution is -2.50. The van der Waals surface area contributed by atoms with Crippen molar-refractivity contribution in [2.24, 2.45) is 5.92 Å². The predicted molar refractivity (Wildman–Crippen MR) is 110 cm³/mol. The molecule has 2 aromatic rings. The number of nitrogens with zero attached hydrogens (tertiary/aromatic N) is 3. The van der Waals surface area contributed by atoms with Crippen LogP contribution in [0.3, 0.4) is 0 Å². The topological polar surface area (TPSA) is 28.6 Å². The van der Waals surface area contributed by atoms with Gasteiger partial charge in [0, 0.05) is 12.8 Å². The normalized spacial score (nSPS) is 17.5. The van der Waals surface area contributed by atoms with Gasteiger partial charge in [-0.3, -0.25) is 4.90 Å². The van der Waals surface area contributed by atoms with Gasteiger partial charge in [0.15, 0.2) is 0 Å². The summed E-state index contributed by atoms with van der Waals surface area (Å²) < 4.78 is 6.11. The van der Waals surface area contributed by atoms with Crippen molar-refractivity contribution in [2.75, 3.05) is 31.2 Å². The fraction of sp³-hybridized carbons (Fsp3) is 0.571. The number of ether oxygens (including phenoxy) is 1. The van der Waals surface area contributed by atoms with Gasteiger partial charge in [0.25, 0.3) is 0 Å². The van der Waals surface area contributed by atoms with Crippen LogP contribution >= 0.6 is 11.3 Å². The summed E-state index contributed by atoms with van der Waals surface area (Å²) in [5.74, 6) is 1.57. The molecule has 0 aromatic carbocycles. The summed E-state index contributed by atoms with van der Waals surface area (Å²) in [4.78, 5) is 9.63. The van der Waals surface area contributed by atoms with Crippen molar-refractivity contribution in [2.45, 2.75) is 45.7 Å². The molecule has 1 fully saturated rings. The SMILES string of the molecule is CC(C)COCC(C(C)N(c1ccccn1)c1cccs1)N1CCCC1. The summed E-state index contributed by atoms with van der Waals surface area (Å²) in [6.45, 7) is 10.7. The predicted octanol–water partition coefficient (Wildman–Crippen LogP) is 4.81. The van der Waals surface area contributed by atoms with Crippen LogP contribution in [0.5, 0.6) is 0 Å². The Balaban J connectivity index is 1.84. The van der Waals surface area contributed by atoms with Gasteiger partial charge in [-0.05, 0) is 68.4 Å². The number of hydrogen-bond donors (Lipinski definition) is 0. The highest BCUT2D eigenvalue weighted by Gasteiger charge is 2.32. The lowest BCUT2D eigenvalue weighted by Gasteiger charge is -2.39. The molecule has 0 N–H and O–H groups in total. The number of likely N-dealkylation sites (tertiary alicyclic amines) is 1. The molecule has 1 aliphatic heterocycles. The fourth-order valence-corrected chi connectivity index (χ4v) is 4.47. The summed E-state index contributed by atoms with van der Waals surface area (Å²) in [6, 6.07) is 11.1. The number of rotatable bonds is 9. The molecule has 4 nitrogen and oxygen atoms in total. The summed E-state index contributed by atoms with van der Waals surface area (Å²) in [5.41, 5.74) is 0. The van der Waals surface area contributed by atoms with E-state index in [0.29, 0.717) is 12.0 Å². The van der Waals surface area contributed by atoms with Crippen LogP contribution in [0.25, 0.3) is 0 Å². The van der Waals surface area contributed by atoms with Crippen LogP contribution in [-0.2, 0) is 4.74 Å². The zero-order valence-electron chi connectivity index (χ0n) is 16.2. The molecule has 1 aliphatic rings. The smallest absolute Gasteiger partial charge is 0.133 e. The van der Waals surface area contributed by atoms with Crippen LogP contribution in [0, 0.1) is 5.92 Å². The van der Waals surface area contributed by atoms with Crippen LogP contribution in [0.1, 0.15) is 33.6 Å². The van der Waals surface area contributed by atoms with Crippen molar-refractivity contribution in [3.05, 3.63) is 41.9 Å². The first kappa shape index (κ1) is 19.3. The molecule has 0 spiro atoms. The minimum Gasteiger partial charge on any atom is -0.379 e. The Hall–Kier alpha value is -1.43. The van der Waals surface area contributed by atoms with Crippen LogP contribution in [-0.4, -0.2) is 48.3 Å². The van der Waals surface area contributed by atoms with Crippen LogP contribution in [0.15, 0.2) is 41.9 Å². The molecule has 1 saturated heterocycles. The highest BCUT2D eigenvalue weighted by molar-refractivity contribution is 7.14. The van der Waals surface area contributed by atoms with Crippen molar-refractivity contribution in [3.8, 4) is 0 Å². The Kier molecular flexibility index (Phi) is 7.06. The second kappa shape index (κ2) is 9.49. The summed E-state index contributed by atoms with van der Waals surface area (Å²) >= 11 is 1.77. The average molecular weight is 374 g/mol. The summed E-state index contributed by atoms with van der Waals surface area (Å²) in [7, 11) is 0. The molecule has 3 heterocycles. The lowest BCUT2D eigenvalue weighted by molar-refractivity contribution is 0.0471. The van der Waals surface area contributed by atoms with Gasteiger partial charge in [-0.2, -0.15) is 0 Å². The van der Waals surface area contributed by atoms with E-state index in [4.69, 9.17) is 4.74 Å². The van der Waals surface area contributed by atoms with Crippen molar-refractivity contribution in [3.63, 3.8) is 0 Å². The van der Waals surface area contributed by atoms with Crippen LogP contribution in [0.2, 0.25) is 0 Å². The van der Waals surface area contributed by atoms with E-state index in [1.165, 1.54) is 30.9 Å². The van der Waals surface area contributed by atoms with Gasteiger partial charge in [0.1, 0.15) is 5.82 Å². The number of pyridine rings is 1. The van der Waals surface area contributed by atoms with Gasteiger partial charge in [0.05, 0.1) is 23.7 Å². The molecular formula is C21H31N3OS. The van der Waals surface area contributed by atoms with Gasteiger partial charge in [0.2, 0.25) is 0 Å². The third kappa shape index (κ3) is 4.84. The van der Waals surface area contributed by atoms with Crippen molar-refractivity contribution >= 4 is 22.2 Å². The third-order valence-electron chi connectivity index (χ3n) is 4.95. The zero-order chi connectivity index (χ0) is 18.4. The van der Waals surface area contributed by atoms with Crippen molar-refractivity contribution < 1.29 is 4.74 Å². The molecule has 2 unspecified atom stereocenters. The molecule has 26 heavy (non-hydrogen) atoms. The third-order valence-corrected chi connectivity index (χ3v) is 5.82. The van der Waals surface area contributed by atoms with Gasteiger partial charge in [-0.1, -0.05) is 19.9 Å². The molecule has 0 radical (unpaired) electrons. The van der Waals surface area contributed by atoms with Gasteiger partial charge < -0.3 is 9.64 Å². The van der Waals surface area contributed by atoms with E-state index >= 15 is 0 Å². The minimum atomic E-state index is 0.286. The molecule has 0 saturated carbocycles. The van der Waals surface area contributed by atoms with Crippen molar-refractivity contribution in [1.29, 1.82) is 0 Å². The number of anilines is 2. The number of aromatic nitrogens is 1. The van der Waals surface area contributed by atoms with E-state index in [1.54, 1.807) is 11.3 Å². The van der Waals surface area contributed by atoms with Crippen LogP contribution < -0.4 is 4.90 Å². The second-order valence-corrected chi connectivity index (χ2v) is 8.42. The summed E-state index contributed by atoms with van der Waals surface area (Å²) in [6.07, 6.45) is 4.45. The first-order valence-corrected chi connectivity index (χ1v) is 10.6. The second-order valence-electron chi connectivity index (χ2n) is 7.49. The quantitative estimate of drug-likeness (QED) is 0.631. The molecule has 0 amide bonds. The maximum Gasteiger partial charge on any atom is 0.133 e. The average Bonchev–Trinajstić information content (AvgIpc) is 3.34. The first-order valence-electron chi connectivity index (χ1n) is 9.72. The van der Waals surface area contributed by atoms with E-state index in [1.807, 2.05) is 12.3 Å². The van der Waals surface area contributed by atoms with Crippen molar-refractivity contribution in [1.82, 2.24) is 9.88 Å². The van der Waals surface area contributed by atoms with E-state index in [-0.39, 0.29) is 6.04 Å². The Morgan fingerprint density at radius 3 is 2.54 bits per heavy atom. The zero-order valence-corrected chi connectivity index (χ0v) is 17.0. The standard InChI is InChI=1S/C21H31N3OS/c1-17(2)15-25-16-19(23-12-6-7-13-23)18(3)24(21-10-8-14-26-21)20-9-4-5-11-22-20/h4-5,8-11,14,17-19H,6-7,12-13,15-16H2,1-3H3. The maximum absolute atomic E-state index is 6.11. The Bertz CT molecular complexity index is 626. The monoisotopic (exact) mass is 373 g/mol. The first-order chi connectivity index (χ1) is 12.7. The van der Waals surface area contributed by atoms with Gasteiger partial charge >= 0.3 is 0 Å². The van der Waals surface area contributed by atoms with Crippen LogP contribution in [0.4, 0.5) is 10.8 Å². The molecule has 3 rings (SSSR count). The molecule has 142 valence electrons. The molecule has 5 heteroatoms. The fourth-order valence-electron chi connectivity index (χ4n) is 3.65. The number of thiophene rings is 1. The molecule has 0 bridgehead atoms. The highest BCUT2D eigenvalue weighted by atomic mass is 32.1. The largest absolute Gasteiger partial charge is 0.379 e. The van der Waals surface area contributed by atoms with E-state index in [2.05, 4.69) is 65.2 Å². The molecule has 2 atom stereocenters. The molecular weight excluding hydrogens is 342 g/mol. The lowest BCUT2D eigenvalue weighted by atomic mass is 10.1. The van der Waals surface area contributed by atoms with E-state index < -0.39 is 0 Å². The van der Waals surface area contributed by atoms with E-state index in [9.17, 15) is 0 Å². The van der Waals surface area contributed by atoms with E-state index in [0.717, 1.165) is 19.0 Å². The Labute approximate surface area is 161 Å². The van der Waals surface area contributed by atoms with Gasteiger partial charge in [-0.15, -0.1) is 11.3 Å². The summed E-state index contributed by atoms with van der Waals surface area (Å²) in [5, 5.41) is 3.38. The molecule has 2 aromatic heterocycles. The van der Waals surface area contributed by atoms with Gasteiger partial charge in [-0.25, -0.2) is 4.98 Å². The Morgan fingerprint density at radius 1 is 1.12 bits per heavy atom. The Morgan fingerprint density at radius 2 is 1.92 bits per heavy atom. The molecule has 0 aliphatic carbocycles. The number of hydrogen-bond acceptors (Lipinski definition) is 5. The maximum atomic E-state index is 6.11. The minimum absolute atomic E-state index is 0.286.